The van der Waals surface area contributed by atoms with Gasteiger partial charge in [0.05, 0.1) is 0 Å². The Kier molecular flexibility index (Phi) is 2.80. The lowest BCUT2D eigenvalue weighted by Crippen LogP contribution is -2.28. The van der Waals surface area contributed by atoms with Gasteiger partial charge in [-0.1, -0.05) is 30.3 Å². The van der Waals surface area contributed by atoms with E-state index in [1.807, 2.05) is 30.3 Å². The molecule has 0 fully saturated rings. The van der Waals surface area contributed by atoms with Crippen LogP contribution in [0.2, 0.25) is 10.3 Å². The fraction of sp³-hybridized carbons (Fsp3) is 0. The van der Waals surface area contributed by atoms with Crippen molar-refractivity contribution in [2.45, 2.75) is 0 Å². The second-order valence-corrected chi connectivity index (χ2v) is 3.82. The molecule has 0 saturated carbocycles. The van der Waals surface area contributed by atoms with Crippen LogP contribution in [0, 0.1) is 5.21 Å². The highest BCUT2D eigenvalue weighted by Gasteiger charge is 2.10. The summed E-state index contributed by atoms with van der Waals surface area (Å²) in [6, 6.07) is 12.8. The van der Waals surface area contributed by atoms with Crippen LogP contribution >= 0.6 is 23.2 Å². The van der Waals surface area contributed by atoms with E-state index in [-0.39, 0.29) is 10.3 Å². The van der Waals surface area contributed by atoms with Gasteiger partial charge in [0.25, 0.3) is 10.3 Å². The maximum Gasteiger partial charge on any atom is 0.288 e. The van der Waals surface area contributed by atoms with Crippen molar-refractivity contribution in [1.29, 1.82) is 0 Å². The van der Waals surface area contributed by atoms with Crippen LogP contribution in [0.3, 0.4) is 0 Å². The van der Waals surface area contributed by atoms with Gasteiger partial charge in [-0.25, -0.2) is 0 Å². The zero-order chi connectivity index (χ0) is 10.8. The Hall–Kier alpha value is -1.25. The molecule has 0 amide bonds. The Bertz CT molecular complexity index is 462. The first-order valence-electron chi connectivity index (χ1n) is 4.32. The molecule has 0 bridgehead atoms. The van der Waals surface area contributed by atoms with E-state index >= 15 is 0 Å². The minimum Gasteiger partial charge on any atom is -0.617 e. The number of rotatable bonds is 1. The molecule has 76 valence electrons. The third-order valence-corrected chi connectivity index (χ3v) is 2.57. The van der Waals surface area contributed by atoms with Gasteiger partial charge in [-0.2, -0.15) is 0 Å². The number of pyridine rings is 1. The van der Waals surface area contributed by atoms with Gasteiger partial charge >= 0.3 is 0 Å². The van der Waals surface area contributed by atoms with E-state index < -0.39 is 0 Å². The molecular weight excluding hydrogens is 233 g/mol. The standard InChI is InChI=1S/C11H7Cl2NO/c12-10-6-9(7-11(13)14(10)15)8-4-2-1-3-5-8/h1-7H. The largest absolute Gasteiger partial charge is 0.617 e. The smallest absolute Gasteiger partial charge is 0.288 e. The molecule has 1 heterocycles. The van der Waals surface area contributed by atoms with Gasteiger partial charge in [-0.05, 0) is 34.3 Å². The minimum absolute atomic E-state index is 0.0707. The molecular formula is C11H7Cl2NO. The van der Waals surface area contributed by atoms with Crippen molar-refractivity contribution < 1.29 is 4.73 Å². The molecule has 2 aromatic rings. The van der Waals surface area contributed by atoms with Gasteiger partial charge in [-0.3, -0.25) is 0 Å². The van der Waals surface area contributed by atoms with Crippen molar-refractivity contribution in [1.82, 2.24) is 0 Å². The number of hydrogen-bond acceptors (Lipinski definition) is 1. The molecule has 15 heavy (non-hydrogen) atoms. The van der Waals surface area contributed by atoms with Gasteiger partial charge in [0.1, 0.15) is 0 Å². The monoisotopic (exact) mass is 239 g/mol. The number of benzene rings is 1. The van der Waals surface area contributed by atoms with Gasteiger partial charge in [0.2, 0.25) is 0 Å². The maximum absolute atomic E-state index is 11.2. The second-order valence-electron chi connectivity index (χ2n) is 3.05. The summed E-state index contributed by atoms with van der Waals surface area (Å²) in [6.07, 6.45) is 0. The minimum atomic E-state index is 0.0707. The quantitative estimate of drug-likeness (QED) is 0.426. The van der Waals surface area contributed by atoms with Crippen LogP contribution in [-0.2, 0) is 0 Å². The lowest BCUT2D eigenvalue weighted by atomic mass is 10.1. The zero-order valence-corrected chi connectivity index (χ0v) is 9.16. The summed E-state index contributed by atoms with van der Waals surface area (Å²) >= 11 is 11.5. The lowest BCUT2D eigenvalue weighted by Gasteiger charge is -2.04. The third kappa shape index (κ3) is 2.06. The molecule has 1 aromatic heterocycles. The molecule has 0 atom stereocenters. The normalized spacial score (nSPS) is 10.3. The highest BCUT2D eigenvalue weighted by atomic mass is 35.5. The van der Waals surface area contributed by atoms with Crippen LogP contribution in [0.25, 0.3) is 11.1 Å². The first-order chi connectivity index (χ1) is 7.18. The summed E-state index contributed by atoms with van der Waals surface area (Å²) in [6.45, 7) is 0. The molecule has 4 heteroatoms. The van der Waals surface area contributed by atoms with E-state index in [2.05, 4.69) is 0 Å². The number of hydrogen-bond donors (Lipinski definition) is 0. The van der Waals surface area contributed by atoms with Crippen LogP contribution in [0.4, 0.5) is 0 Å². The van der Waals surface area contributed by atoms with Gasteiger partial charge in [0, 0.05) is 12.1 Å². The molecule has 0 unspecified atom stereocenters. The maximum atomic E-state index is 11.2. The summed E-state index contributed by atoms with van der Waals surface area (Å²) in [7, 11) is 0. The first-order valence-corrected chi connectivity index (χ1v) is 5.08. The molecule has 0 radical (unpaired) electrons. The average Bonchev–Trinajstić information content (AvgIpc) is 2.26. The lowest BCUT2D eigenvalue weighted by molar-refractivity contribution is -0.600. The first kappa shape index (κ1) is 10.3. The van der Waals surface area contributed by atoms with Crippen LogP contribution < -0.4 is 4.73 Å². The summed E-state index contributed by atoms with van der Waals surface area (Å²) in [5.74, 6) is 0. The van der Waals surface area contributed by atoms with E-state index in [0.29, 0.717) is 4.73 Å². The Balaban J connectivity index is 2.56. The van der Waals surface area contributed by atoms with Crippen LogP contribution in [-0.4, -0.2) is 0 Å². The van der Waals surface area contributed by atoms with E-state index in [0.717, 1.165) is 11.1 Å². The molecule has 0 N–H and O–H groups in total. The molecule has 0 aliphatic heterocycles. The molecule has 0 spiro atoms. The SMILES string of the molecule is [O-][n+]1c(Cl)cc(-c2ccccc2)cc1Cl. The Morgan fingerprint density at radius 2 is 1.40 bits per heavy atom. The predicted octanol–water partition coefficient (Wildman–Crippen LogP) is 3.29. The van der Waals surface area contributed by atoms with Crippen LogP contribution in [0.5, 0.6) is 0 Å². The molecule has 0 saturated heterocycles. The fourth-order valence-corrected chi connectivity index (χ4v) is 1.78. The van der Waals surface area contributed by atoms with Crippen LogP contribution in [0.1, 0.15) is 0 Å². The van der Waals surface area contributed by atoms with Crippen molar-refractivity contribution in [2.24, 2.45) is 0 Å². The molecule has 2 rings (SSSR count). The summed E-state index contributed by atoms with van der Waals surface area (Å²) in [5.41, 5.74) is 1.81. The Morgan fingerprint density at radius 3 is 1.93 bits per heavy atom. The van der Waals surface area contributed by atoms with Crippen molar-refractivity contribution in [3.63, 3.8) is 0 Å². The highest BCUT2D eigenvalue weighted by Crippen LogP contribution is 2.23. The Labute approximate surface area is 97.3 Å². The summed E-state index contributed by atoms with van der Waals surface area (Å²) in [5, 5.41) is 11.3. The second kappa shape index (κ2) is 4.09. The third-order valence-electron chi connectivity index (χ3n) is 2.04. The van der Waals surface area contributed by atoms with E-state index in [9.17, 15) is 5.21 Å². The molecule has 2 nitrogen and oxygen atoms in total. The summed E-state index contributed by atoms with van der Waals surface area (Å²) in [4.78, 5) is 0. The topological polar surface area (TPSA) is 26.9 Å². The van der Waals surface area contributed by atoms with Crippen LogP contribution in [0.15, 0.2) is 42.5 Å². The van der Waals surface area contributed by atoms with Gasteiger partial charge in [-0.15, -0.1) is 4.73 Å². The van der Waals surface area contributed by atoms with E-state index in [1.54, 1.807) is 12.1 Å². The van der Waals surface area contributed by atoms with Crippen molar-refractivity contribution in [2.75, 3.05) is 0 Å². The van der Waals surface area contributed by atoms with Crippen molar-refractivity contribution in [3.8, 4) is 11.1 Å². The Morgan fingerprint density at radius 1 is 0.867 bits per heavy atom. The number of nitrogens with zero attached hydrogens (tertiary/aromatic N) is 1. The van der Waals surface area contributed by atoms with Crippen molar-refractivity contribution >= 4 is 23.2 Å². The zero-order valence-electron chi connectivity index (χ0n) is 7.65. The predicted molar refractivity (Wildman–Crippen MR) is 60.9 cm³/mol. The average molecular weight is 240 g/mol. The highest BCUT2D eigenvalue weighted by molar-refractivity contribution is 6.31. The number of halogens is 2. The van der Waals surface area contributed by atoms with E-state index in [1.165, 1.54) is 0 Å². The van der Waals surface area contributed by atoms with Gasteiger partial charge < -0.3 is 5.21 Å². The molecule has 1 aromatic carbocycles. The van der Waals surface area contributed by atoms with Gasteiger partial charge in [0.15, 0.2) is 0 Å². The summed E-state index contributed by atoms with van der Waals surface area (Å²) < 4.78 is 0.482. The van der Waals surface area contributed by atoms with Crippen molar-refractivity contribution in [3.05, 3.63) is 58.0 Å². The number of aromatic nitrogens is 1. The fourth-order valence-electron chi connectivity index (χ4n) is 1.31. The molecule has 0 aliphatic carbocycles. The molecule has 0 aliphatic rings. The van der Waals surface area contributed by atoms with E-state index in [4.69, 9.17) is 23.2 Å².